The van der Waals surface area contributed by atoms with Crippen molar-refractivity contribution >= 4 is 22.6 Å². The van der Waals surface area contributed by atoms with Gasteiger partial charge in [0.25, 0.3) is 5.91 Å². The van der Waals surface area contributed by atoms with Gasteiger partial charge in [-0.25, -0.2) is 4.79 Å². The average Bonchev–Trinajstić information content (AvgIpc) is 3.28. The number of fused-ring (bicyclic) bond motifs is 1. The van der Waals surface area contributed by atoms with E-state index in [-0.39, 0.29) is 11.6 Å². The maximum absolute atomic E-state index is 12.8. The molecule has 30 heavy (non-hydrogen) atoms. The summed E-state index contributed by atoms with van der Waals surface area (Å²) in [7, 11) is 4.03. The lowest BCUT2D eigenvalue weighted by molar-refractivity contribution is 0.0934. The van der Waals surface area contributed by atoms with Gasteiger partial charge >= 0.3 is 5.63 Å². The van der Waals surface area contributed by atoms with Crippen molar-refractivity contribution in [2.75, 3.05) is 38.6 Å². The highest BCUT2D eigenvalue weighted by Crippen LogP contribution is 2.26. The molecule has 1 fully saturated rings. The number of likely N-dealkylation sites (tertiary alicyclic amines) is 1. The molecule has 2 heterocycles. The fourth-order valence-electron chi connectivity index (χ4n) is 4.01. The largest absolute Gasteiger partial charge is 0.422 e. The van der Waals surface area contributed by atoms with Crippen LogP contribution in [0.25, 0.3) is 11.0 Å². The third-order valence-electron chi connectivity index (χ3n) is 5.72. The van der Waals surface area contributed by atoms with E-state index in [9.17, 15) is 9.59 Å². The van der Waals surface area contributed by atoms with Gasteiger partial charge in [0.15, 0.2) is 0 Å². The Morgan fingerprint density at radius 3 is 2.50 bits per heavy atom. The van der Waals surface area contributed by atoms with Gasteiger partial charge in [0, 0.05) is 31.7 Å². The Balaban J connectivity index is 1.54. The predicted molar refractivity (Wildman–Crippen MR) is 119 cm³/mol. The van der Waals surface area contributed by atoms with Crippen molar-refractivity contribution in [2.24, 2.45) is 0 Å². The molecule has 0 saturated carbocycles. The summed E-state index contributed by atoms with van der Waals surface area (Å²) in [6, 6.07) is 17.3. The molecule has 4 rings (SSSR count). The summed E-state index contributed by atoms with van der Waals surface area (Å²) in [4.78, 5) is 29.6. The van der Waals surface area contributed by atoms with Gasteiger partial charge in [-0.05, 0) is 55.8 Å². The summed E-state index contributed by atoms with van der Waals surface area (Å²) in [5, 5.41) is 3.70. The van der Waals surface area contributed by atoms with Crippen LogP contribution in [0.1, 0.15) is 34.8 Å². The lowest BCUT2D eigenvalue weighted by Crippen LogP contribution is -2.38. The monoisotopic (exact) mass is 405 g/mol. The average molecular weight is 405 g/mol. The molecule has 0 unspecified atom stereocenters. The van der Waals surface area contributed by atoms with E-state index >= 15 is 0 Å². The zero-order valence-electron chi connectivity index (χ0n) is 17.4. The summed E-state index contributed by atoms with van der Waals surface area (Å²) in [6.45, 7) is 2.45. The zero-order valence-corrected chi connectivity index (χ0v) is 17.4. The lowest BCUT2D eigenvalue weighted by atomic mass is 10.0. The third kappa shape index (κ3) is 4.24. The molecule has 1 amide bonds. The Labute approximate surface area is 176 Å². The van der Waals surface area contributed by atoms with Crippen molar-refractivity contribution in [1.82, 2.24) is 10.2 Å². The van der Waals surface area contributed by atoms with E-state index in [2.05, 4.69) is 39.4 Å². The number of nitrogens with zero attached hydrogens (tertiary/aromatic N) is 2. The second-order valence-electron chi connectivity index (χ2n) is 7.94. The SMILES string of the molecule is CN(C)c1ccc([C@H](CNC(=O)c2cc3ccccc3oc2=O)N2CCCC2)cc1. The van der Waals surface area contributed by atoms with Gasteiger partial charge in [0.1, 0.15) is 11.1 Å². The number of para-hydroxylation sites is 1. The first kappa shape index (κ1) is 20.2. The molecule has 3 aromatic rings. The summed E-state index contributed by atoms with van der Waals surface area (Å²) < 4.78 is 5.31. The molecule has 0 spiro atoms. The lowest BCUT2D eigenvalue weighted by Gasteiger charge is -2.28. The first-order chi connectivity index (χ1) is 14.5. The molecule has 0 radical (unpaired) electrons. The van der Waals surface area contributed by atoms with Gasteiger partial charge in [-0.1, -0.05) is 30.3 Å². The number of carbonyl (C=O) groups is 1. The van der Waals surface area contributed by atoms with E-state index in [1.807, 2.05) is 26.2 Å². The Morgan fingerprint density at radius 1 is 1.10 bits per heavy atom. The Morgan fingerprint density at radius 2 is 1.80 bits per heavy atom. The molecule has 1 aliphatic heterocycles. The Hall–Kier alpha value is -3.12. The number of hydrogen-bond donors (Lipinski definition) is 1. The van der Waals surface area contributed by atoms with Crippen LogP contribution in [-0.4, -0.2) is 44.5 Å². The minimum Gasteiger partial charge on any atom is -0.422 e. The molecule has 0 bridgehead atoms. The van der Waals surface area contributed by atoms with Crippen LogP contribution in [0.15, 0.2) is 63.8 Å². The Kier molecular flexibility index (Phi) is 5.86. The van der Waals surface area contributed by atoms with Crippen molar-refractivity contribution in [3.8, 4) is 0 Å². The molecule has 1 aromatic heterocycles. The fourth-order valence-corrected chi connectivity index (χ4v) is 4.01. The normalized spacial score (nSPS) is 15.3. The van der Waals surface area contributed by atoms with Crippen LogP contribution in [0.3, 0.4) is 0 Å². The Bertz CT molecular complexity index is 1080. The van der Waals surface area contributed by atoms with Gasteiger partial charge in [0.2, 0.25) is 0 Å². The highest BCUT2D eigenvalue weighted by Gasteiger charge is 2.25. The van der Waals surface area contributed by atoms with Crippen molar-refractivity contribution in [1.29, 1.82) is 0 Å². The van der Waals surface area contributed by atoms with Crippen LogP contribution in [0.2, 0.25) is 0 Å². The first-order valence-electron chi connectivity index (χ1n) is 10.4. The fraction of sp³-hybridized carbons (Fsp3) is 0.333. The molecular formula is C24H27N3O3. The van der Waals surface area contributed by atoms with E-state index in [0.29, 0.717) is 12.1 Å². The van der Waals surface area contributed by atoms with Gasteiger partial charge in [-0.2, -0.15) is 0 Å². The smallest absolute Gasteiger partial charge is 0.349 e. The van der Waals surface area contributed by atoms with E-state index in [1.54, 1.807) is 18.2 Å². The molecule has 6 heteroatoms. The topological polar surface area (TPSA) is 65.8 Å². The van der Waals surface area contributed by atoms with Crippen LogP contribution in [0.4, 0.5) is 5.69 Å². The number of anilines is 1. The molecule has 1 aliphatic rings. The zero-order chi connectivity index (χ0) is 21.1. The summed E-state index contributed by atoms with van der Waals surface area (Å²) in [5.74, 6) is -0.399. The highest BCUT2D eigenvalue weighted by molar-refractivity contribution is 5.96. The minimum atomic E-state index is -0.612. The van der Waals surface area contributed by atoms with Crippen molar-refractivity contribution in [2.45, 2.75) is 18.9 Å². The third-order valence-corrected chi connectivity index (χ3v) is 5.72. The molecule has 1 N–H and O–H groups in total. The summed E-state index contributed by atoms with van der Waals surface area (Å²) in [5.41, 5.74) is 2.20. The minimum absolute atomic E-state index is 0.0387. The van der Waals surface area contributed by atoms with E-state index < -0.39 is 11.5 Å². The number of carbonyl (C=O) groups excluding carboxylic acids is 1. The highest BCUT2D eigenvalue weighted by atomic mass is 16.4. The van der Waals surface area contributed by atoms with E-state index in [4.69, 9.17) is 4.42 Å². The maximum atomic E-state index is 12.8. The van der Waals surface area contributed by atoms with Crippen molar-refractivity contribution in [3.05, 3.63) is 76.1 Å². The van der Waals surface area contributed by atoms with Crippen LogP contribution in [0.5, 0.6) is 0 Å². The van der Waals surface area contributed by atoms with Gasteiger partial charge < -0.3 is 14.6 Å². The van der Waals surface area contributed by atoms with E-state index in [1.165, 1.54) is 0 Å². The molecule has 1 saturated heterocycles. The van der Waals surface area contributed by atoms with Gasteiger partial charge in [-0.3, -0.25) is 9.69 Å². The molecule has 2 aromatic carbocycles. The maximum Gasteiger partial charge on any atom is 0.349 e. The second-order valence-corrected chi connectivity index (χ2v) is 7.94. The van der Waals surface area contributed by atoms with Crippen LogP contribution in [0, 0.1) is 0 Å². The predicted octanol–water partition coefficient (Wildman–Crippen LogP) is 3.43. The molecule has 1 atom stereocenters. The number of hydrogen-bond acceptors (Lipinski definition) is 5. The van der Waals surface area contributed by atoms with Crippen LogP contribution < -0.4 is 15.8 Å². The van der Waals surface area contributed by atoms with Crippen LogP contribution in [-0.2, 0) is 0 Å². The summed E-state index contributed by atoms with van der Waals surface area (Å²) in [6.07, 6.45) is 2.32. The van der Waals surface area contributed by atoms with Crippen molar-refractivity contribution in [3.63, 3.8) is 0 Å². The number of rotatable bonds is 6. The standard InChI is InChI=1S/C24H27N3O3/c1-26(2)19-11-9-17(10-12-19)21(27-13-5-6-14-27)16-25-23(28)20-15-18-7-3-4-8-22(18)30-24(20)29/h3-4,7-12,15,21H,5-6,13-14,16H2,1-2H3,(H,25,28)/t21-/m0/s1. The van der Waals surface area contributed by atoms with Crippen LogP contribution >= 0.6 is 0 Å². The molecule has 156 valence electrons. The second kappa shape index (κ2) is 8.71. The van der Waals surface area contributed by atoms with E-state index in [0.717, 1.165) is 42.6 Å². The number of nitrogens with one attached hydrogen (secondary N) is 1. The quantitative estimate of drug-likeness (QED) is 0.637. The first-order valence-corrected chi connectivity index (χ1v) is 10.4. The van der Waals surface area contributed by atoms with Gasteiger partial charge in [-0.15, -0.1) is 0 Å². The van der Waals surface area contributed by atoms with Crippen molar-refractivity contribution < 1.29 is 9.21 Å². The number of amides is 1. The summed E-state index contributed by atoms with van der Waals surface area (Å²) >= 11 is 0. The molecule has 0 aliphatic carbocycles. The number of benzene rings is 2. The van der Waals surface area contributed by atoms with Gasteiger partial charge in [0.05, 0.1) is 6.04 Å². The molecule has 6 nitrogen and oxygen atoms in total. The molecular weight excluding hydrogens is 378 g/mol.